The monoisotopic (exact) mass is 333 g/mol. The van der Waals surface area contributed by atoms with E-state index in [2.05, 4.69) is 29.1 Å². The standard InChI is InChI=1S/C16H19N3OS2/c1-3-14-18-15(11-6-8-22-16(11)19-14)17-10(2)9-12(20)13-5-4-7-21-13/h4-8,10,12,20H,3,9H2,1-2H3,(H,17,18,19). The van der Waals surface area contributed by atoms with E-state index in [-0.39, 0.29) is 6.04 Å². The van der Waals surface area contributed by atoms with E-state index in [0.29, 0.717) is 6.42 Å². The average Bonchev–Trinajstić information content (AvgIpc) is 3.18. The van der Waals surface area contributed by atoms with Crippen LogP contribution in [0.15, 0.2) is 29.0 Å². The molecule has 0 spiro atoms. The molecule has 0 saturated heterocycles. The minimum Gasteiger partial charge on any atom is -0.387 e. The first-order valence-electron chi connectivity index (χ1n) is 7.39. The minimum atomic E-state index is -0.437. The molecule has 2 atom stereocenters. The number of fused-ring (bicyclic) bond motifs is 1. The lowest BCUT2D eigenvalue weighted by Crippen LogP contribution is -2.19. The number of anilines is 1. The van der Waals surface area contributed by atoms with Gasteiger partial charge in [-0.1, -0.05) is 13.0 Å². The Kier molecular flexibility index (Phi) is 4.71. The molecular formula is C16H19N3OS2. The first kappa shape index (κ1) is 15.4. The van der Waals surface area contributed by atoms with Crippen molar-refractivity contribution in [1.29, 1.82) is 0 Å². The van der Waals surface area contributed by atoms with Gasteiger partial charge < -0.3 is 10.4 Å². The fourth-order valence-corrected chi connectivity index (χ4v) is 3.90. The molecule has 0 bridgehead atoms. The summed E-state index contributed by atoms with van der Waals surface area (Å²) < 4.78 is 0. The molecule has 3 rings (SSSR count). The summed E-state index contributed by atoms with van der Waals surface area (Å²) in [5.41, 5.74) is 0. The largest absolute Gasteiger partial charge is 0.387 e. The number of aryl methyl sites for hydroxylation is 1. The van der Waals surface area contributed by atoms with Crippen LogP contribution in [0.3, 0.4) is 0 Å². The summed E-state index contributed by atoms with van der Waals surface area (Å²) in [6.45, 7) is 4.13. The second-order valence-corrected chi connectivity index (χ2v) is 7.17. The van der Waals surface area contributed by atoms with Crippen LogP contribution in [0.4, 0.5) is 5.82 Å². The van der Waals surface area contributed by atoms with Gasteiger partial charge in [0, 0.05) is 17.3 Å². The van der Waals surface area contributed by atoms with Crippen molar-refractivity contribution in [1.82, 2.24) is 9.97 Å². The van der Waals surface area contributed by atoms with Gasteiger partial charge in [-0.15, -0.1) is 22.7 Å². The van der Waals surface area contributed by atoms with Crippen LogP contribution in [0, 0.1) is 0 Å². The molecule has 0 fully saturated rings. The summed E-state index contributed by atoms with van der Waals surface area (Å²) in [4.78, 5) is 11.2. The average molecular weight is 333 g/mol. The number of aromatic nitrogens is 2. The van der Waals surface area contributed by atoms with Gasteiger partial charge in [0.1, 0.15) is 16.5 Å². The Balaban J connectivity index is 1.76. The van der Waals surface area contributed by atoms with Crippen LogP contribution >= 0.6 is 22.7 Å². The number of hydrogen-bond donors (Lipinski definition) is 2. The lowest BCUT2D eigenvalue weighted by atomic mass is 10.1. The summed E-state index contributed by atoms with van der Waals surface area (Å²) in [7, 11) is 0. The molecule has 2 unspecified atom stereocenters. The highest BCUT2D eigenvalue weighted by Crippen LogP contribution is 2.28. The first-order valence-corrected chi connectivity index (χ1v) is 9.15. The fourth-order valence-electron chi connectivity index (χ4n) is 2.39. The maximum absolute atomic E-state index is 10.3. The summed E-state index contributed by atoms with van der Waals surface area (Å²) in [5, 5.41) is 18.8. The molecular weight excluding hydrogens is 314 g/mol. The van der Waals surface area contributed by atoms with Crippen molar-refractivity contribution in [2.45, 2.75) is 38.8 Å². The van der Waals surface area contributed by atoms with Gasteiger partial charge in [0.25, 0.3) is 0 Å². The highest BCUT2D eigenvalue weighted by atomic mass is 32.1. The molecule has 0 saturated carbocycles. The van der Waals surface area contributed by atoms with Crippen LogP contribution in [0.2, 0.25) is 0 Å². The van der Waals surface area contributed by atoms with Gasteiger partial charge >= 0.3 is 0 Å². The van der Waals surface area contributed by atoms with Crippen LogP contribution in [0.25, 0.3) is 10.2 Å². The highest BCUT2D eigenvalue weighted by molar-refractivity contribution is 7.16. The number of thiophene rings is 2. The molecule has 3 heterocycles. The van der Waals surface area contributed by atoms with E-state index in [0.717, 1.165) is 33.2 Å². The van der Waals surface area contributed by atoms with E-state index in [1.807, 2.05) is 29.0 Å². The Bertz CT molecular complexity index is 739. The van der Waals surface area contributed by atoms with Gasteiger partial charge in [-0.05, 0) is 36.2 Å². The fraction of sp³-hybridized carbons (Fsp3) is 0.375. The Morgan fingerprint density at radius 2 is 2.09 bits per heavy atom. The van der Waals surface area contributed by atoms with E-state index >= 15 is 0 Å². The van der Waals surface area contributed by atoms with Gasteiger partial charge in [0.15, 0.2) is 0 Å². The highest BCUT2D eigenvalue weighted by Gasteiger charge is 2.15. The Hall–Kier alpha value is -1.50. The van der Waals surface area contributed by atoms with Crippen molar-refractivity contribution in [3.8, 4) is 0 Å². The smallest absolute Gasteiger partial charge is 0.138 e. The van der Waals surface area contributed by atoms with Crippen LogP contribution in [0.1, 0.15) is 37.1 Å². The van der Waals surface area contributed by atoms with Crippen molar-refractivity contribution in [3.05, 3.63) is 39.7 Å². The molecule has 0 aliphatic carbocycles. The second kappa shape index (κ2) is 6.73. The zero-order chi connectivity index (χ0) is 15.5. The molecule has 0 aliphatic heterocycles. The van der Waals surface area contributed by atoms with E-state index in [9.17, 15) is 5.11 Å². The van der Waals surface area contributed by atoms with Crippen LogP contribution in [-0.4, -0.2) is 21.1 Å². The van der Waals surface area contributed by atoms with Gasteiger partial charge in [-0.25, -0.2) is 9.97 Å². The van der Waals surface area contributed by atoms with E-state index in [1.54, 1.807) is 22.7 Å². The number of rotatable bonds is 6. The summed E-state index contributed by atoms with van der Waals surface area (Å²) >= 11 is 3.22. The number of aliphatic hydroxyl groups excluding tert-OH is 1. The van der Waals surface area contributed by atoms with E-state index in [1.165, 1.54) is 0 Å². The first-order chi connectivity index (χ1) is 10.7. The number of hydrogen-bond acceptors (Lipinski definition) is 6. The normalized spacial score (nSPS) is 14.1. The van der Waals surface area contributed by atoms with Crippen molar-refractivity contribution < 1.29 is 5.11 Å². The molecule has 3 aromatic rings. The van der Waals surface area contributed by atoms with Crippen molar-refractivity contribution in [2.24, 2.45) is 0 Å². The third-order valence-corrected chi connectivity index (χ3v) is 5.30. The molecule has 2 N–H and O–H groups in total. The molecule has 0 aliphatic rings. The predicted molar refractivity (Wildman–Crippen MR) is 93.8 cm³/mol. The van der Waals surface area contributed by atoms with E-state index in [4.69, 9.17) is 0 Å². The number of nitrogens with one attached hydrogen (secondary N) is 1. The van der Waals surface area contributed by atoms with Crippen LogP contribution in [-0.2, 0) is 6.42 Å². The van der Waals surface area contributed by atoms with Crippen molar-refractivity contribution >= 4 is 38.7 Å². The minimum absolute atomic E-state index is 0.125. The second-order valence-electron chi connectivity index (χ2n) is 5.29. The molecule has 6 heteroatoms. The quantitative estimate of drug-likeness (QED) is 0.708. The Labute approximate surface area is 137 Å². The van der Waals surface area contributed by atoms with Crippen molar-refractivity contribution in [2.75, 3.05) is 5.32 Å². The van der Waals surface area contributed by atoms with Crippen molar-refractivity contribution in [3.63, 3.8) is 0 Å². The van der Waals surface area contributed by atoms with Crippen LogP contribution < -0.4 is 5.32 Å². The zero-order valence-electron chi connectivity index (χ0n) is 12.6. The number of aliphatic hydroxyl groups is 1. The number of nitrogens with zero attached hydrogens (tertiary/aromatic N) is 2. The topological polar surface area (TPSA) is 58.0 Å². The molecule has 4 nitrogen and oxygen atoms in total. The maximum Gasteiger partial charge on any atom is 0.138 e. The Morgan fingerprint density at radius 3 is 2.82 bits per heavy atom. The van der Waals surface area contributed by atoms with Gasteiger partial charge in [0.2, 0.25) is 0 Å². The lowest BCUT2D eigenvalue weighted by Gasteiger charge is -2.18. The molecule has 0 radical (unpaired) electrons. The molecule has 3 aromatic heterocycles. The predicted octanol–water partition coefficient (Wildman–Crippen LogP) is 4.24. The third kappa shape index (κ3) is 3.29. The molecule has 116 valence electrons. The summed E-state index contributed by atoms with van der Waals surface area (Å²) in [6, 6.07) is 6.11. The van der Waals surface area contributed by atoms with Gasteiger partial charge in [-0.3, -0.25) is 0 Å². The molecule has 22 heavy (non-hydrogen) atoms. The SMILES string of the molecule is CCc1nc(NC(C)CC(O)c2cccs2)c2ccsc2n1. The van der Waals surface area contributed by atoms with Gasteiger partial charge in [-0.2, -0.15) is 0 Å². The Morgan fingerprint density at radius 1 is 1.23 bits per heavy atom. The van der Waals surface area contributed by atoms with Crippen LogP contribution in [0.5, 0.6) is 0 Å². The zero-order valence-corrected chi connectivity index (χ0v) is 14.2. The van der Waals surface area contributed by atoms with E-state index < -0.39 is 6.10 Å². The van der Waals surface area contributed by atoms with Gasteiger partial charge in [0.05, 0.1) is 11.5 Å². The summed E-state index contributed by atoms with van der Waals surface area (Å²) in [6.07, 6.45) is 1.03. The lowest BCUT2D eigenvalue weighted by molar-refractivity contribution is 0.166. The molecule has 0 amide bonds. The molecule has 0 aromatic carbocycles. The summed E-state index contributed by atoms with van der Waals surface area (Å²) in [5.74, 6) is 1.72. The third-order valence-electron chi connectivity index (χ3n) is 3.52. The maximum atomic E-state index is 10.3.